The summed E-state index contributed by atoms with van der Waals surface area (Å²) in [5.41, 5.74) is 2.29. The summed E-state index contributed by atoms with van der Waals surface area (Å²) in [4.78, 5) is 11.1. The Balaban J connectivity index is 1.46. The van der Waals surface area contributed by atoms with Crippen molar-refractivity contribution < 1.29 is 0 Å². The van der Waals surface area contributed by atoms with Crippen molar-refractivity contribution >= 4 is 33.9 Å². The van der Waals surface area contributed by atoms with Crippen LogP contribution in [0.4, 0.5) is 0 Å². The zero-order chi connectivity index (χ0) is 17.6. The molecule has 0 amide bonds. The third kappa shape index (κ3) is 4.88. The molecule has 139 valence electrons. The van der Waals surface area contributed by atoms with E-state index >= 15 is 0 Å². The number of fused-ring (bicyclic) bond motifs is 1. The summed E-state index contributed by atoms with van der Waals surface area (Å²) in [5, 5.41) is 0. The van der Waals surface area contributed by atoms with E-state index in [1.807, 2.05) is 11.3 Å². The van der Waals surface area contributed by atoms with Crippen molar-refractivity contribution in [2.24, 2.45) is 0 Å². The summed E-state index contributed by atoms with van der Waals surface area (Å²) in [6.45, 7) is 0. The van der Waals surface area contributed by atoms with E-state index in [0.29, 0.717) is 5.92 Å². The lowest BCUT2D eigenvalue weighted by Gasteiger charge is -2.18. The zero-order valence-electron chi connectivity index (χ0n) is 16.1. The van der Waals surface area contributed by atoms with E-state index in [0.717, 1.165) is 11.5 Å². The van der Waals surface area contributed by atoms with Crippen molar-refractivity contribution in [2.75, 3.05) is 0 Å². The number of thiazole rings is 1. The lowest BCUT2D eigenvalue weighted by molar-refractivity contribution is 0.450. The van der Waals surface area contributed by atoms with Crippen LogP contribution in [-0.4, -0.2) is 17.2 Å². The molecule has 2 aromatic rings. The SMILES string of the molecule is [B](c1nc2nc(C3CCCCCCC3)ccc2s1)C1CCCCCCC1. The van der Waals surface area contributed by atoms with Gasteiger partial charge in [-0.05, 0) is 25.0 Å². The first-order valence-corrected chi connectivity index (χ1v) is 11.8. The fraction of sp³-hybridized carbons (Fsp3) is 0.727. The quantitative estimate of drug-likeness (QED) is 0.588. The van der Waals surface area contributed by atoms with Crippen molar-refractivity contribution in [3.05, 3.63) is 17.8 Å². The Morgan fingerprint density at radius 2 is 1.35 bits per heavy atom. The fourth-order valence-electron chi connectivity index (χ4n) is 4.76. The minimum absolute atomic E-state index is 0.652. The van der Waals surface area contributed by atoms with Gasteiger partial charge in [-0.1, -0.05) is 82.9 Å². The lowest BCUT2D eigenvalue weighted by atomic mass is 9.60. The van der Waals surface area contributed by atoms with Gasteiger partial charge in [0.1, 0.15) is 0 Å². The minimum Gasteiger partial charge on any atom is -0.233 e. The first kappa shape index (κ1) is 18.5. The molecular weight excluding hydrogens is 335 g/mol. The molecule has 2 nitrogen and oxygen atoms in total. The first-order chi connectivity index (χ1) is 12.9. The largest absolute Gasteiger partial charge is 0.233 e. The minimum atomic E-state index is 0.652. The van der Waals surface area contributed by atoms with Gasteiger partial charge in [-0.15, -0.1) is 11.3 Å². The van der Waals surface area contributed by atoms with E-state index in [-0.39, 0.29) is 0 Å². The second kappa shape index (κ2) is 9.35. The van der Waals surface area contributed by atoms with Crippen LogP contribution < -0.4 is 4.91 Å². The molecular formula is C22H32BN2S. The Kier molecular flexibility index (Phi) is 6.64. The van der Waals surface area contributed by atoms with Gasteiger partial charge in [0.05, 0.1) is 4.70 Å². The number of hydrogen-bond acceptors (Lipinski definition) is 3. The van der Waals surface area contributed by atoms with Crippen LogP contribution in [0.2, 0.25) is 5.82 Å². The molecule has 0 spiro atoms. The predicted octanol–water partition coefficient (Wildman–Crippen LogP) is 6.38. The molecule has 2 aliphatic carbocycles. The molecule has 0 bridgehead atoms. The maximum atomic E-state index is 5.00. The summed E-state index contributed by atoms with van der Waals surface area (Å²) < 4.78 is 1.26. The lowest BCUT2D eigenvalue weighted by Crippen LogP contribution is -2.19. The maximum absolute atomic E-state index is 5.00. The number of nitrogens with zero attached hydrogens (tertiary/aromatic N) is 2. The number of pyridine rings is 1. The molecule has 26 heavy (non-hydrogen) atoms. The highest BCUT2D eigenvalue weighted by molar-refractivity contribution is 7.26. The Bertz CT molecular complexity index is 683. The van der Waals surface area contributed by atoms with E-state index < -0.39 is 0 Å². The number of hydrogen-bond donors (Lipinski definition) is 0. The molecule has 1 radical (unpaired) electrons. The van der Waals surface area contributed by atoms with E-state index in [1.54, 1.807) is 0 Å². The Morgan fingerprint density at radius 1 is 0.731 bits per heavy atom. The maximum Gasteiger partial charge on any atom is 0.195 e. The fourth-order valence-corrected chi connectivity index (χ4v) is 5.69. The van der Waals surface area contributed by atoms with Gasteiger partial charge in [-0.25, -0.2) is 9.97 Å². The van der Waals surface area contributed by atoms with Gasteiger partial charge in [-0.3, -0.25) is 0 Å². The molecule has 0 atom stereocenters. The second-order valence-electron chi connectivity index (χ2n) is 8.42. The highest BCUT2D eigenvalue weighted by Gasteiger charge is 2.19. The third-order valence-electron chi connectivity index (χ3n) is 6.34. The van der Waals surface area contributed by atoms with Crippen LogP contribution in [-0.2, 0) is 0 Å². The summed E-state index contributed by atoms with van der Waals surface area (Å²) in [6.07, 6.45) is 19.3. The molecule has 0 unspecified atom stereocenters. The molecule has 2 aliphatic rings. The van der Waals surface area contributed by atoms with Crippen LogP contribution >= 0.6 is 11.3 Å². The zero-order valence-corrected chi connectivity index (χ0v) is 16.9. The normalized spacial score (nSPS) is 21.7. The number of aromatic nitrogens is 2. The molecule has 0 aliphatic heterocycles. The van der Waals surface area contributed by atoms with E-state index in [1.165, 1.54) is 105 Å². The predicted molar refractivity (Wildman–Crippen MR) is 114 cm³/mol. The van der Waals surface area contributed by atoms with Crippen LogP contribution in [0.1, 0.15) is 102 Å². The van der Waals surface area contributed by atoms with E-state index in [2.05, 4.69) is 19.4 Å². The van der Waals surface area contributed by atoms with Crippen molar-refractivity contribution in [3.8, 4) is 0 Å². The van der Waals surface area contributed by atoms with Gasteiger partial charge in [0, 0.05) is 16.5 Å². The Morgan fingerprint density at radius 3 is 2.04 bits per heavy atom. The molecule has 4 heteroatoms. The molecule has 2 fully saturated rings. The van der Waals surface area contributed by atoms with Gasteiger partial charge in [0.2, 0.25) is 0 Å². The standard InChI is InChI=1S/C22H32BN2S/c1-3-7-11-17(12-8-4-1)19-15-16-20-21(24-19)25-22(26-20)23-18-13-9-5-2-6-10-14-18/h15-18H,1-14H2. The van der Waals surface area contributed by atoms with Gasteiger partial charge >= 0.3 is 0 Å². The third-order valence-corrected chi connectivity index (χ3v) is 7.32. The monoisotopic (exact) mass is 367 g/mol. The van der Waals surface area contributed by atoms with Crippen molar-refractivity contribution in [3.63, 3.8) is 0 Å². The smallest absolute Gasteiger partial charge is 0.195 e. The number of rotatable bonds is 3. The Hall–Kier alpha value is -0.895. The summed E-state index contributed by atoms with van der Waals surface area (Å²) in [6, 6.07) is 4.57. The molecule has 2 heterocycles. The van der Waals surface area contributed by atoms with Crippen LogP contribution in [0.3, 0.4) is 0 Å². The van der Waals surface area contributed by atoms with Gasteiger partial charge < -0.3 is 0 Å². The molecule has 2 saturated carbocycles. The summed E-state index contributed by atoms with van der Waals surface area (Å²) in [5.74, 6) is 1.38. The van der Waals surface area contributed by atoms with Gasteiger partial charge in [-0.2, -0.15) is 0 Å². The van der Waals surface area contributed by atoms with E-state index in [4.69, 9.17) is 9.97 Å². The highest BCUT2D eigenvalue weighted by Crippen LogP contribution is 2.31. The molecule has 0 aromatic carbocycles. The van der Waals surface area contributed by atoms with Gasteiger partial charge in [0.15, 0.2) is 12.9 Å². The molecule has 4 rings (SSSR count). The van der Waals surface area contributed by atoms with E-state index in [9.17, 15) is 0 Å². The average Bonchev–Trinajstić information content (AvgIpc) is 2.98. The van der Waals surface area contributed by atoms with Crippen molar-refractivity contribution in [2.45, 2.75) is 102 Å². The summed E-state index contributed by atoms with van der Waals surface area (Å²) >= 11 is 1.84. The van der Waals surface area contributed by atoms with Crippen LogP contribution in [0.25, 0.3) is 10.3 Å². The Labute approximate surface area is 163 Å². The van der Waals surface area contributed by atoms with Gasteiger partial charge in [0.25, 0.3) is 0 Å². The average molecular weight is 367 g/mol. The highest BCUT2D eigenvalue weighted by atomic mass is 32.1. The summed E-state index contributed by atoms with van der Waals surface area (Å²) in [7, 11) is 2.45. The van der Waals surface area contributed by atoms with Crippen molar-refractivity contribution in [1.82, 2.24) is 9.97 Å². The van der Waals surface area contributed by atoms with Crippen LogP contribution in [0, 0.1) is 0 Å². The molecule has 0 saturated heterocycles. The van der Waals surface area contributed by atoms with Crippen molar-refractivity contribution in [1.29, 1.82) is 0 Å². The van der Waals surface area contributed by atoms with Crippen LogP contribution in [0.15, 0.2) is 12.1 Å². The van der Waals surface area contributed by atoms with Crippen LogP contribution in [0.5, 0.6) is 0 Å². The first-order valence-electron chi connectivity index (χ1n) is 11.0. The topological polar surface area (TPSA) is 25.8 Å². The molecule has 0 N–H and O–H groups in total. The second-order valence-corrected chi connectivity index (χ2v) is 9.49. The molecule has 2 aromatic heterocycles.